The molecule has 7 atom stereocenters. The van der Waals surface area contributed by atoms with Gasteiger partial charge in [0.05, 0.1) is 19.3 Å². The molecule has 0 unspecified atom stereocenters. The van der Waals surface area contributed by atoms with E-state index in [4.69, 9.17) is 33.2 Å². The van der Waals surface area contributed by atoms with E-state index in [0.29, 0.717) is 25.0 Å². The number of rotatable bonds is 3. The molecule has 9 heteroatoms. The number of ether oxygens (including phenoxy) is 7. The minimum Gasteiger partial charge on any atom is -0.494 e. The molecule has 0 amide bonds. The summed E-state index contributed by atoms with van der Waals surface area (Å²) in [6, 6.07) is 0. The Kier molecular flexibility index (Phi) is 5.16. The van der Waals surface area contributed by atoms with E-state index in [1.165, 1.54) is 0 Å². The van der Waals surface area contributed by atoms with Gasteiger partial charge in [-0.15, -0.1) is 0 Å². The Morgan fingerprint density at radius 3 is 2.39 bits per heavy atom. The van der Waals surface area contributed by atoms with E-state index in [2.05, 4.69) is 0 Å². The van der Waals surface area contributed by atoms with Gasteiger partial charge in [-0.3, -0.25) is 0 Å². The maximum Gasteiger partial charge on any atom is 0.341 e. The van der Waals surface area contributed by atoms with Gasteiger partial charge in [-0.05, 0) is 31.8 Å². The number of esters is 1. The Balaban J connectivity index is 1.46. The zero-order chi connectivity index (χ0) is 21.9. The lowest BCUT2D eigenvalue weighted by atomic mass is 9.76. The third-order valence-corrected chi connectivity index (χ3v) is 7.61. The first-order valence-corrected chi connectivity index (χ1v) is 11.2. The van der Waals surface area contributed by atoms with Crippen LogP contribution in [0, 0.1) is 0 Å². The van der Waals surface area contributed by atoms with Gasteiger partial charge >= 0.3 is 5.97 Å². The van der Waals surface area contributed by atoms with E-state index in [-0.39, 0.29) is 12.8 Å². The third kappa shape index (κ3) is 2.94. The highest BCUT2D eigenvalue weighted by atomic mass is 16.8. The molecule has 2 saturated heterocycles. The minimum atomic E-state index is -1.34. The third-order valence-electron chi connectivity index (χ3n) is 7.61. The number of allylic oxidation sites excluding steroid dienone is 1. The number of methoxy groups -OCH3 is 3. The molecular formula is C22H32O9. The molecule has 31 heavy (non-hydrogen) atoms. The van der Waals surface area contributed by atoms with Crippen molar-refractivity contribution in [3.63, 3.8) is 0 Å². The van der Waals surface area contributed by atoms with Crippen molar-refractivity contribution in [2.75, 3.05) is 21.3 Å². The molecule has 4 fully saturated rings. The summed E-state index contributed by atoms with van der Waals surface area (Å²) in [4.78, 5) is 13.2. The normalized spacial score (nSPS) is 49.4. The molecule has 1 N–H and O–H groups in total. The summed E-state index contributed by atoms with van der Waals surface area (Å²) in [5.41, 5.74) is -1.34. The quantitative estimate of drug-likeness (QED) is 0.659. The van der Waals surface area contributed by atoms with Gasteiger partial charge in [-0.1, -0.05) is 0 Å². The maximum atomic E-state index is 13.2. The molecule has 5 rings (SSSR count). The van der Waals surface area contributed by atoms with E-state index < -0.39 is 47.2 Å². The maximum absolute atomic E-state index is 13.2. The fourth-order valence-corrected chi connectivity index (χ4v) is 6.12. The van der Waals surface area contributed by atoms with Crippen molar-refractivity contribution >= 4 is 5.97 Å². The Hall–Kier alpha value is -1.23. The molecule has 9 nitrogen and oxygen atoms in total. The topological polar surface area (TPSA) is 102 Å². The van der Waals surface area contributed by atoms with Crippen LogP contribution in [0.15, 0.2) is 11.8 Å². The molecule has 5 aliphatic rings. The van der Waals surface area contributed by atoms with Gasteiger partial charge < -0.3 is 38.3 Å². The lowest BCUT2D eigenvalue weighted by Crippen LogP contribution is -2.73. The van der Waals surface area contributed by atoms with Crippen LogP contribution in [0.25, 0.3) is 0 Å². The lowest BCUT2D eigenvalue weighted by Gasteiger charge is -2.59. The van der Waals surface area contributed by atoms with E-state index in [1.54, 1.807) is 21.3 Å². The fourth-order valence-electron chi connectivity index (χ4n) is 6.12. The largest absolute Gasteiger partial charge is 0.494 e. The van der Waals surface area contributed by atoms with Crippen LogP contribution >= 0.6 is 0 Å². The van der Waals surface area contributed by atoms with Gasteiger partial charge in [-0.2, -0.15) is 0 Å². The molecular weight excluding hydrogens is 408 g/mol. The molecule has 0 aromatic rings. The van der Waals surface area contributed by atoms with Crippen LogP contribution in [-0.4, -0.2) is 73.7 Å². The molecule has 174 valence electrons. The van der Waals surface area contributed by atoms with Crippen molar-refractivity contribution in [1.29, 1.82) is 0 Å². The van der Waals surface area contributed by atoms with Gasteiger partial charge in [0.2, 0.25) is 11.6 Å². The zero-order valence-corrected chi connectivity index (χ0v) is 18.4. The average Bonchev–Trinajstić information content (AvgIpc) is 3.03. The van der Waals surface area contributed by atoms with Gasteiger partial charge in [0.15, 0.2) is 11.4 Å². The monoisotopic (exact) mass is 440 g/mol. The van der Waals surface area contributed by atoms with E-state index in [9.17, 15) is 9.90 Å². The smallest absolute Gasteiger partial charge is 0.341 e. The average molecular weight is 440 g/mol. The van der Waals surface area contributed by atoms with Crippen LogP contribution in [0.1, 0.15) is 57.8 Å². The predicted molar refractivity (Wildman–Crippen MR) is 105 cm³/mol. The van der Waals surface area contributed by atoms with Crippen molar-refractivity contribution in [3.8, 4) is 0 Å². The first-order chi connectivity index (χ1) is 14.9. The first-order valence-electron chi connectivity index (χ1n) is 11.2. The molecule has 0 aromatic heterocycles. The summed E-state index contributed by atoms with van der Waals surface area (Å²) in [7, 11) is 4.69. The number of fused-ring (bicyclic) bond motifs is 2. The minimum absolute atomic E-state index is 0.0505. The molecule has 2 saturated carbocycles. The van der Waals surface area contributed by atoms with Crippen molar-refractivity contribution in [2.24, 2.45) is 0 Å². The van der Waals surface area contributed by atoms with Crippen LogP contribution < -0.4 is 0 Å². The fraction of sp³-hybridized carbons (Fsp3) is 0.864. The van der Waals surface area contributed by atoms with Crippen LogP contribution in [0.5, 0.6) is 0 Å². The summed E-state index contributed by atoms with van der Waals surface area (Å²) < 4.78 is 42.2. The second-order valence-electron chi connectivity index (χ2n) is 9.24. The highest BCUT2D eigenvalue weighted by Crippen LogP contribution is 2.55. The molecule has 3 aliphatic carbocycles. The van der Waals surface area contributed by atoms with Gasteiger partial charge in [-0.25, -0.2) is 4.79 Å². The number of hydrogen-bond donors (Lipinski definition) is 1. The summed E-state index contributed by atoms with van der Waals surface area (Å²) in [5, 5.41) is 11.1. The number of aliphatic hydroxyl groups is 1. The van der Waals surface area contributed by atoms with Crippen LogP contribution in [0.3, 0.4) is 0 Å². The molecule has 0 radical (unpaired) electrons. The second-order valence-corrected chi connectivity index (χ2v) is 9.24. The van der Waals surface area contributed by atoms with Crippen LogP contribution in [0.4, 0.5) is 0 Å². The van der Waals surface area contributed by atoms with Crippen LogP contribution in [-0.2, 0) is 38.0 Å². The zero-order valence-electron chi connectivity index (χ0n) is 18.4. The van der Waals surface area contributed by atoms with E-state index >= 15 is 0 Å². The van der Waals surface area contributed by atoms with Gasteiger partial charge in [0, 0.05) is 46.3 Å². The summed E-state index contributed by atoms with van der Waals surface area (Å²) in [6.45, 7) is 0. The van der Waals surface area contributed by atoms with Crippen molar-refractivity contribution in [2.45, 2.75) is 99.1 Å². The highest BCUT2D eigenvalue weighted by molar-refractivity contribution is 5.82. The van der Waals surface area contributed by atoms with Gasteiger partial charge in [0.25, 0.3) is 5.79 Å². The van der Waals surface area contributed by atoms with Gasteiger partial charge in [0.1, 0.15) is 6.10 Å². The number of hydrogen-bond acceptors (Lipinski definition) is 9. The number of carbonyl (C=O) groups excluding carboxylic acids is 1. The summed E-state index contributed by atoms with van der Waals surface area (Å²) >= 11 is 0. The number of aliphatic hydroxyl groups excluding tert-OH is 1. The standard InChI is InChI=1S/C22H32O9/c1-25-16-8-4-5-9-20(16)30-18(24)19(31-20)12-14(23)17-15(13-19)28-21(26-2)10-6-7-11-22(21,27-3)29-17/h8,14-15,17,23H,4-7,9-13H2,1-3H3/t14-,15-,17-,19+,20-,21+,22+/m1/s1. The van der Waals surface area contributed by atoms with Crippen molar-refractivity contribution in [3.05, 3.63) is 11.8 Å². The molecule has 2 spiro atoms. The van der Waals surface area contributed by atoms with E-state index in [0.717, 1.165) is 25.7 Å². The van der Waals surface area contributed by atoms with E-state index in [1.807, 2.05) is 6.08 Å². The summed E-state index contributed by atoms with van der Waals surface area (Å²) in [6.07, 6.45) is 5.01. The Morgan fingerprint density at radius 1 is 1.00 bits per heavy atom. The first kappa shape index (κ1) is 21.6. The molecule has 2 heterocycles. The molecule has 2 aliphatic heterocycles. The molecule has 0 aromatic carbocycles. The Bertz CT molecular complexity index is 770. The predicted octanol–water partition coefficient (Wildman–Crippen LogP) is 1.91. The lowest BCUT2D eigenvalue weighted by molar-refractivity contribution is -0.480. The summed E-state index contributed by atoms with van der Waals surface area (Å²) in [5.74, 6) is -3.45. The van der Waals surface area contributed by atoms with Crippen LogP contribution in [0.2, 0.25) is 0 Å². The van der Waals surface area contributed by atoms with Crippen molar-refractivity contribution < 1.29 is 43.1 Å². The molecule has 0 bridgehead atoms. The SMILES string of the molecule is COC1=CCCC[C@]12OC(=O)[C@@]1(C[C@@H](O)[C@H]3O[C@@]4(OC)CCCC[C@]4(OC)O[C@@H]3C1)O2. The van der Waals surface area contributed by atoms with Crippen molar-refractivity contribution in [1.82, 2.24) is 0 Å². The Labute approximate surface area is 181 Å². The second kappa shape index (κ2) is 7.40. The number of carbonyl (C=O) groups is 1. The highest BCUT2D eigenvalue weighted by Gasteiger charge is 2.70. The Morgan fingerprint density at radius 2 is 1.71 bits per heavy atom.